The second-order valence-electron chi connectivity index (χ2n) is 5.48. The summed E-state index contributed by atoms with van der Waals surface area (Å²) in [6.45, 7) is 6.29. The first-order chi connectivity index (χ1) is 10.5. The molecule has 2 aromatic carbocycles. The average Bonchev–Trinajstić information content (AvgIpc) is 2.50. The number of carbonyl (C=O) groups is 1. The highest BCUT2D eigenvalue weighted by atomic mass is 79.9. The molecule has 0 aromatic heterocycles. The minimum atomic E-state index is -0.226. The van der Waals surface area contributed by atoms with E-state index in [4.69, 9.17) is 0 Å². The Kier molecular flexibility index (Phi) is 5.50. The Bertz CT molecular complexity index is 691. The van der Waals surface area contributed by atoms with Crippen molar-refractivity contribution in [2.45, 2.75) is 26.7 Å². The molecule has 22 heavy (non-hydrogen) atoms. The first-order valence-corrected chi connectivity index (χ1v) is 7.96. The van der Waals surface area contributed by atoms with Gasteiger partial charge in [0, 0.05) is 10.0 Å². The Morgan fingerprint density at radius 3 is 2.45 bits per heavy atom. The summed E-state index contributed by atoms with van der Waals surface area (Å²) >= 11 is 3.42. The molecule has 0 unspecified atom stereocenters. The van der Waals surface area contributed by atoms with Gasteiger partial charge in [0.05, 0.1) is 6.21 Å². The molecule has 0 saturated carbocycles. The van der Waals surface area contributed by atoms with Crippen LogP contribution in [-0.2, 0) is 0 Å². The maximum absolute atomic E-state index is 12.0. The van der Waals surface area contributed by atoms with Crippen molar-refractivity contribution in [3.63, 3.8) is 0 Å². The van der Waals surface area contributed by atoms with Crippen LogP contribution in [-0.4, -0.2) is 12.1 Å². The van der Waals surface area contributed by atoms with Gasteiger partial charge in [0.2, 0.25) is 0 Å². The van der Waals surface area contributed by atoms with E-state index in [9.17, 15) is 4.79 Å². The minimum absolute atomic E-state index is 0.226. The second kappa shape index (κ2) is 7.36. The van der Waals surface area contributed by atoms with Gasteiger partial charge in [-0.1, -0.05) is 60.1 Å². The van der Waals surface area contributed by atoms with Crippen LogP contribution in [0.4, 0.5) is 0 Å². The molecular formula is C18H19BrN2O. The lowest BCUT2D eigenvalue weighted by atomic mass is 10.0. The van der Waals surface area contributed by atoms with E-state index >= 15 is 0 Å². The maximum Gasteiger partial charge on any atom is 0.271 e. The van der Waals surface area contributed by atoms with Crippen LogP contribution in [0, 0.1) is 6.92 Å². The number of hydrazone groups is 1. The molecule has 0 bridgehead atoms. The van der Waals surface area contributed by atoms with Gasteiger partial charge in [0.25, 0.3) is 5.91 Å². The number of rotatable bonds is 4. The first-order valence-electron chi connectivity index (χ1n) is 7.17. The van der Waals surface area contributed by atoms with Gasteiger partial charge in [-0.2, -0.15) is 5.10 Å². The molecule has 4 heteroatoms. The van der Waals surface area contributed by atoms with Crippen molar-refractivity contribution < 1.29 is 4.79 Å². The van der Waals surface area contributed by atoms with E-state index in [-0.39, 0.29) is 5.91 Å². The van der Waals surface area contributed by atoms with Gasteiger partial charge in [-0.25, -0.2) is 5.43 Å². The van der Waals surface area contributed by atoms with Crippen molar-refractivity contribution in [3.05, 3.63) is 69.2 Å². The predicted octanol–water partition coefficient (Wildman–Crippen LogP) is 4.64. The fraction of sp³-hybridized carbons (Fsp3) is 0.222. The lowest BCUT2D eigenvalue weighted by Gasteiger charge is -2.05. The van der Waals surface area contributed by atoms with Crippen molar-refractivity contribution in [1.29, 1.82) is 0 Å². The largest absolute Gasteiger partial charge is 0.271 e. The lowest BCUT2D eigenvalue weighted by molar-refractivity contribution is 0.0955. The zero-order chi connectivity index (χ0) is 16.1. The van der Waals surface area contributed by atoms with Gasteiger partial charge in [0.1, 0.15) is 0 Å². The topological polar surface area (TPSA) is 41.5 Å². The number of hydrogen-bond donors (Lipinski definition) is 1. The zero-order valence-corrected chi connectivity index (χ0v) is 14.5. The molecule has 0 aliphatic rings. The van der Waals surface area contributed by atoms with Crippen LogP contribution in [0.25, 0.3) is 0 Å². The van der Waals surface area contributed by atoms with Gasteiger partial charge >= 0.3 is 0 Å². The van der Waals surface area contributed by atoms with Gasteiger partial charge in [-0.15, -0.1) is 0 Å². The van der Waals surface area contributed by atoms with E-state index in [2.05, 4.69) is 52.4 Å². The van der Waals surface area contributed by atoms with E-state index < -0.39 is 0 Å². The summed E-state index contributed by atoms with van der Waals surface area (Å²) in [4.78, 5) is 12.0. The van der Waals surface area contributed by atoms with Crippen LogP contribution < -0.4 is 5.43 Å². The highest BCUT2D eigenvalue weighted by Gasteiger charge is 2.05. The number of benzene rings is 2. The standard InChI is InChI=1S/C18H19BrN2O/c1-12(2)15-8-5-14(6-9-15)11-20-21-18(22)16-7-4-13(3)17(19)10-16/h4-12H,1-3H3,(H,21,22). The number of amides is 1. The molecule has 0 saturated heterocycles. The molecule has 0 aliphatic carbocycles. The van der Waals surface area contributed by atoms with Gasteiger partial charge in [-0.3, -0.25) is 4.79 Å². The first kappa shape index (κ1) is 16.4. The molecule has 2 aromatic rings. The quantitative estimate of drug-likeness (QED) is 0.627. The number of halogens is 1. The molecule has 114 valence electrons. The smallest absolute Gasteiger partial charge is 0.267 e. The number of aryl methyl sites for hydroxylation is 1. The van der Waals surface area contributed by atoms with Crippen LogP contribution in [0.15, 0.2) is 52.0 Å². The number of nitrogens with one attached hydrogen (secondary N) is 1. The van der Waals surface area contributed by atoms with Gasteiger partial charge < -0.3 is 0 Å². The Labute approximate surface area is 139 Å². The van der Waals surface area contributed by atoms with E-state index in [1.165, 1.54) is 5.56 Å². The third-order valence-electron chi connectivity index (χ3n) is 3.42. The number of hydrogen-bond acceptors (Lipinski definition) is 2. The summed E-state index contributed by atoms with van der Waals surface area (Å²) in [7, 11) is 0. The van der Waals surface area contributed by atoms with Crippen LogP contribution in [0.3, 0.4) is 0 Å². The molecule has 0 aliphatic heterocycles. The van der Waals surface area contributed by atoms with Crippen molar-refractivity contribution in [2.24, 2.45) is 5.10 Å². The highest BCUT2D eigenvalue weighted by molar-refractivity contribution is 9.10. The Hall–Kier alpha value is -1.94. The normalized spacial score (nSPS) is 11.1. The monoisotopic (exact) mass is 358 g/mol. The van der Waals surface area contributed by atoms with E-state index in [0.29, 0.717) is 11.5 Å². The summed E-state index contributed by atoms with van der Waals surface area (Å²) in [5, 5.41) is 4.00. The summed E-state index contributed by atoms with van der Waals surface area (Å²) in [6.07, 6.45) is 1.64. The summed E-state index contributed by atoms with van der Waals surface area (Å²) in [6, 6.07) is 13.6. The fourth-order valence-electron chi connectivity index (χ4n) is 1.93. The third-order valence-corrected chi connectivity index (χ3v) is 4.27. The van der Waals surface area contributed by atoms with E-state index in [1.54, 1.807) is 18.3 Å². The molecule has 0 heterocycles. The number of nitrogens with zero attached hydrogens (tertiary/aromatic N) is 1. The SMILES string of the molecule is Cc1ccc(C(=O)NN=Cc2ccc(C(C)C)cc2)cc1Br. The van der Waals surface area contributed by atoms with Crippen LogP contribution in [0.5, 0.6) is 0 Å². The van der Waals surface area contributed by atoms with Crippen LogP contribution in [0.2, 0.25) is 0 Å². The molecular weight excluding hydrogens is 340 g/mol. The second-order valence-corrected chi connectivity index (χ2v) is 6.34. The van der Waals surface area contributed by atoms with Crippen molar-refractivity contribution in [3.8, 4) is 0 Å². The predicted molar refractivity (Wildman–Crippen MR) is 94.5 cm³/mol. The lowest BCUT2D eigenvalue weighted by Crippen LogP contribution is -2.17. The summed E-state index contributed by atoms with van der Waals surface area (Å²) in [5.74, 6) is 0.279. The average molecular weight is 359 g/mol. The maximum atomic E-state index is 12.0. The molecule has 1 N–H and O–H groups in total. The van der Waals surface area contributed by atoms with Gasteiger partial charge in [0.15, 0.2) is 0 Å². The van der Waals surface area contributed by atoms with E-state index in [0.717, 1.165) is 15.6 Å². The Balaban J connectivity index is 1.99. The molecule has 0 fully saturated rings. The fourth-order valence-corrected chi connectivity index (χ4v) is 2.31. The van der Waals surface area contributed by atoms with E-state index in [1.807, 2.05) is 25.1 Å². The highest BCUT2D eigenvalue weighted by Crippen LogP contribution is 2.17. The molecule has 3 nitrogen and oxygen atoms in total. The van der Waals surface area contributed by atoms with Crippen LogP contribution >= 0.6 is 15.9 Å². The molecule has 1 amide bonds. The molecule has 0 spiro atoms. The van der Waals surface area contributed by atoms with Crippen LogP contribution in [0.1, 0.15) is 46.8 Å². The third kappa shape index (κ3) is 4.28. The van der Waals surface area contributed by atoms with Crippen molar-refractivity contribution >= 4 is 28.1 Å². The van der Waals surface area contributed by atoms with Crippen molar-refractivity contribution in [2.75, 3.05) is 0 Å². The number of carbonyl (C=O) groups excluding carboxylic acids is 1. The Morgan fingerprint density at radius 1 is 1.18 bits per heavy atom. The minimum Gasteiger partial charge on any atom is -0.267 e. The Morgan fingerprint density at radius 2 is 1.86 bits per heavy atom. The molecule has 2 rings (SSSR count). The molecule has 0 atom stereocenters. The van der Waals surface area contributed by atoms with Crippen molar-refractivity contribution in [1.82, 2.24) is 5.43 Å². The summed E-state index contributed by atoms with van der Waals surface area (Å²) < 4.78 is 0.911. The molecule has 0 radical (unpaired) electrons. The zero-order valence-electron chi connectivity index (χ0n) is 12.9. The van der Waals surface area contributed by atoms with Gasteiger partial charge in [-0.05, 0) is 41.7 Å². The summed E-state index contributed by atoms with van der Waals surface area (Å²) in [5.41, 5.74) is 6.44.